The number of rotatable bonds is 3. The lowest BCUT2D eigenvalue weighted by atomic mass is 10.2. The molecule has 0 saturated heterocycles. The van der Waals surface area contributed by atoms with Gasteiger partial charge in [0.1, 0.15) is 5.82 Å². The maximum atomic E-state index is 13.0. The van der Waals surface area contributed by atoms with Gasteiger partial charge in [0.2, 0.25) is 9.84 Å². The molecule has 0 saturated carbocycles. The number of sulfone groups is 1. The number of benzene rings is 1. The molecule has 3 nitrogen and oxygen atoms in total. The summed E-state index contributed by atoms with van der Waals surface area (Å²) in [4.78, 5) is 0.366. The van der Waals surface area contributed by atoms with E-state index >= 15 is 0 Å². The van der Waals surface area contributed by atoms with Crippen LogP contribution in [0.1, 0.15) is 19.4 Å². The number of nitrogens with one attached hydrogen (secondary N) is 1. The molecule has 1 aliphatic rings. The summed E-state index contributed by atoms with van der Waals surface area (Å²) in [6.07, 6.45) is 1.60. The second-order valence-corrected chi connectivity index (χ2v) is 6.30. The zero-order valence-corrected chi connectivity index (χ0v) is 10.5. The number of halogens is 1. The Labute approximate surface area is 100 Å². The lowest BCUT2D eigenvalue weighted by Crippen LogP contribution is -2.26. The topological polar surface area (TPSA) is 46.2 Å². The molecule has 1 aromatic rings. The molecule has 0 unspecified atom stereocenters. The fourth-order valence-electron chi connectivity index (χ4n) is 1.70. The van der Waals surface area contributed by atoms with E-state index in [0.717, 1.165) is 6.07 Å². The van der Waals surface area contributed by atoms with E-state index in [4.69, 9.17) is 0 Å². The van der Waals surface area contributed by atoms with Crippen LogP contribution in [0.4, 0.5) is 4.39 Å². The minimum Gasteiger partial charge on any atom is -0.310 e. The summed E-state index contributed by atoms with van der Waals surface area (Å²) in [5.74, 6) is -0.529. The van der Waals surface area contributed by atoms with E-state index in [0.29, 0.717) is 10.5 Å². The standard InChI is InChI=1S/C12H14FNO2S/c1-8(2)14-7-11-5-9-3-4-10(13)6-12(9)17(11,15)16/h3-6,8,14H,7H2,1-2H3. The average Bonchev–Trinajstić information content (AvgIpc) is 2.48. The van der Waals surface area contributed by atoms with Gasteiger partial charge in [0.05, 0.1) is 9.80 Å². The van der Waals surface area contributed by atoms with Crippen molar-refractivity contribution in [2.45, 2.75) is 24.8 Å². The molecule has 0 radical (unpaired) electrons. The number of hydrogen-bond acceptors (Lipinski definition) is 3. The fourth-order valence-corrected chi connectivity index (χ4v) is 3.25. The third-order valence-electron chi connectivity index (χ3n) is 2.61. The Hall–Kier alpha value is -1.20. The van der Waals surface area contributed by atoms with Crippen LogP contribution in [-0.4, -0.2) is 21.0 Å². The molecule has 0 fully saturated rings. The first-order valence-corrected chi connectivity index (χ1v) is 6.88. The Balaban J connectivity index is 2.36. The molecule has 2 rings (SSSR count). The molecular weight excluding hydrogens is 241 g/mol. The van der Waals surface area contributed by atoms with Crippen LogP contribution in [0.15, 0.2) is 28.0 Å². The van der Waals surface area contributed by atoms with Gasteiger partial charge in [-0.25, -0.2) is 12.8 Å². The van der Waals surface area contributed by atoms with Gasteiger partial charge in [-0.05, 0) is 23.8 Å². The predicted octanol–water partition coefficient (Wildman–Crippen LogP) is 1.95. The van der Waals surface area contributed by atoms with Crippen molar-refractivity contribution in [3.8, 4) is 0 Å². The molecule has 92 valence electrons. The molecule has 0 amide bonds. The van der Waals surface area contributed by atoms with Gasteiger partial charge in [-0.3, -0.25) is 0 Å². The molecule has 0 atom stereocenters. The van der Waals surface area contributed by atoms with E-state index in [-0.39, 0.29) is 17.5 Å². The summed E-state index contributed by atoms with van der Waals surface area (Å²) < 4.78 is 37.2. The molecule has 5 heteroatoms. The van der Waals surface area contributed by atoms with Gasteiger partial charge >= 0.3 is 0 Å². The van der Waals surface area contributed by atoms with Gasteiger partial charge in [0, 0.05) is 12.6 Å². The average molecular weight is 255 g/mol. The normalized spacial score (nSPS) is 17.1. The lowest BCUT2D eigenvalue weighted by Gasteiger charge is -2.08. The molecule has 1 aliphatic heterocycles. The van der Waals surface area contributed by atoms with E-state index in [9.17, 15) is 12.8 Å². The van der Waals surface area contributed by atoms with Crippen molar-refractivity contribution in [1.29, 1.82) is 0 Å². The van der Waals surface area contributed by atoms with E-state index < -0.39 is 15.7 Å². The third kappa shape index (κ3) is 2.25. The number of fused-ring (bicyclic) bond motifs is 1. The van der Waals surface area contributed by atoms with Crippen molar-refractivity contribution in [1.82, 2.24) is 5.32 Å². The second kappa shape index (κ2) is 4.23. The van der Waals surface area contributed by atoms with Crippen LogP contribution in [0.3, 0.4) is 0 Å². The van der Waals surface area contributed by atoms with Crippen LogP contribution in [0.25, 0.3) is 6.08 Å². The molecule has 1 heterocycles. The Morgan fingerprint density at radius 3 is 2.71 bits per heavy atom. The van der Waals surface area contributed by atoms with E-state index in [1.165, 1.54) is 12.1 Å². The summed E-state index contributed by atoms with van der Waals surface area (Å²) in [6, 6.07) is 4.03. The van der Waals surface area contributed by atoms with Crippen molar-refractivity contribution >= 4 is 15.9 Å². The molecule has 0 aromatic heterocycles. The first kappa shape index (κ1) is 12.3. The molecule has 1 N–H and O–H groups in total. The predicted molar refractivity (Wildman–Crippen MR) is 64.7 cm³/mol. The highest BCUT2D eigenvalue weighted by Crippen LogP contribution is 2.32. The molecule has 17 heavy (non-hydrogen) atoms. The second-order valence-electron chi connectivity index (χ2n) is 4.33. The van der Waals surface area contributed by atoms with Gasteiger partial charge < -0.3 is 5.32 Å². The van der Waals surface area contributed by atoms with Gasteiger partial charge in [-0.1, -0.05) is 19.9 Å². The SMILES string of the molecule is CC(C)NCC1=Cc2ccc(F)cc2S1(=O)=O. The van der Waals surface area contributed by atoms with E-state index in [1.54, 1.807) is 6.08 Å². The summed E-state index contributed by atoms with van der Waals surface area (Å²) in [5, 5.41) is 3.05. The zero-order valence-electron chi connectivity index (χ0n) is 9.70. The molecule has 0 bridgehead atoms. The monoisotopic (exact) mass is 255 g/mol. The smallest absolute Gasteiger partial charge is 0.204 e. The van der Waals surface area contributed by atoms with Crippen molar-refractivity contribution in [3.63, 3.8) is 0 Å². The maximum absolute atomic E-state index is 13.0. The van der Waals surface area contributed by atoms with Crippen LogP contribution in [0.5, 0.6) is 0 Å². The number of hydrogen-bond donors (Lipinski definition) is 1. The lowest BCUT2D eigenvalue weighted by molar-refractivity contribution is 0.590. The highest BCUT2D eigenvalue weighted by atomic mass is 32.2. The minimum absolute atomic E-state index is 0.0676. The first-order valence-electron chi connectivity index (χ1n) is 5.40. The molecule has 0 spiro atoms. The van der Waals surface area contributed by atoms with Crippen LogP contribution < -0.4 is 5.32 Å². The van der Waals surface area contributed by atoms with Gasteiger partial charge in [0.25, 0.3) is 0 Å². The van der Waals surface area contributed by atoms with Gasteiger partial charge in [-0.15, -0.1) is 0 Å². The Bertz CT molecular complexity index is 576. The summed E-state index contributed by atoms with van der Waals surface area (Å²) in [6.45, 7) is 4.15. The molecule has 1 aromatic carbocycles. The molecule has 0 aliphatic carbocycles. The van der Waals surface area contributed by atoms with Crippen LogP contribution >= 0.6 is 0 Å². The highest BCUT2D eigenvalue weighted by molar-refractivity contribution is 7.95. The van der Waals surface area contributed by atoms with Crippen molar-refractivity contribution in [3.05, 3.63) is 34.5 Å². The summed E-state index contributed by atoms with van der Waals surface area (Å²) in [7, 11) is -3.51. The van der Waals surface area contributed by atoms with Crippen LogP contribution in [0, 0.1) is 5.82 Å². The molecular formula is C12H14FNO2S. The van der Waals surface area contributed by atoms with Gasteiger partial charge in [0.15, 0.2) is 0 Å². The Kier molecular flexibility index (Phi) is 3.05. The Morgan fingerprint density at radius 1 is 1.35 bits per heavy atom. The third-order valence-corrected chi connectivity index (χ3v) is 4.50. The largest absolute Gasteiger partial charge is 0.310 e. The van der Waals surface area contributed by atoms with Gasteiger partial charge in [-0.2, -0.15) is 0 Å². The minimum atomic E-state index is -3.51. The fraction of sp³-hybridized carbons (Fsp3) is 0.333. The van der Waals surface area contributed by atoms with Crippen molar-refractivity contribution in [2.75, 3.05) is 6.54 Å². The van der Waals surface area contributed by atoms with Crippen LogP contribution in [-0.2, 0) is 9.84 Å². The maximum Gasteiger partial charge on any atom is 0.204 e. The van der Waals surface area contributed by atoms with E-state index in [1.807, 2.05) is 13.8 Å². The Morgan fingerprint density at radius 2 is 2.06 bits per heavy atom. The quantitative estimate of drug-likeness (QED) is 0.898. The zero-order chi connectivity index (χ0) is 12.6. The summed E-state index contributed by atoms with van der Waals surface area (Å²) >= 11 is 0. The van der Waals surface area contributed by atoms with Crippen molar-refractivity contribution in [2.24, 2.45) is 0 Å². The van der Waals surface area contributed by atoms with Crippen LogP contribution in [0.2, 0.25) is 0 Å². The highest BCUT2D eigenvalue weighted by Gasteiger charge is 2.29. The summed E-state index contributed by atoms with van der Waals surface area (Å²) in [5.41, 5.74) is 0.562. The van der Waals surface area contributed by atoms with Crippen molar-refractivity contribution < 1.29 is 12.8 Å². The first-order chi connectivity index (χ1) is 7.91. The van der Waals surface area contributed by atoms with E-state index in [2.05, 4.69) is 5.32 Å².